The summed E-state index contributed by atoms with van der Waals surface area (Å²) in [6, 6.07) is 3.83. The van der Waals surface area contributed by atoms with Crippen LogP contribution in [-0.2, 0) is 0 Å². The molecule has 1 heterocycles. The number of rotatable bonds is 3. The summed E-state index contributed by atoms with van der Waals surface area (Å²) >= 11 is 0. The second kappa shape index (κ2) is 3.75. The van der Waals surface area contributed by atoms with E-state index in [1.54, 1.807) is 6.20 Å². The molecule has 0 saturated heterocycles. The lowest BCUT2D eigenvalue weighted by atomic mass is 10.1. The van der Waals surface area contributed by atoms with E-state index in [0.29, 0.717) is 12.5 Å². The normalized spacial score (nSPS) is 11.4. The second-order valence-electron chi connectivity index (χ2n) is 3.95. The fraction of sp³-hybridized carbons (Fsp3) is 0.500. The molecule has 0 radical (unpaired) electrons. The molecule has 0 fully saturated rings. The molecule has 72 valence electrons. The number of hydrogen-bond acceptors (Lipinski definition) is 3. The summed E-state index contributed by atoms with van der Waals surface area (Å²) in [5.41, 5.74) is 6.59. The quantitative estimate of drug-likeness (QED) is 0.767. The second-order valence-corrected chi connectivity index (χ2v) is 3.95. The van der Waals surface area contributed by atoms with Crippen molar-refractivity contribution in [3.05, 3.63) is 23.9 Å². The summed E-state index contributed by atoms with van der Waals surface area (Å²) in [6.45, 7) is 6.32. The molecule has 1 aromatic heterocycles. The predicted molar refractivity (Wildman–Crippen MR) is 52.7 cm³/mol. The number of pyridine rings is 1. The molecular formula is C10H16N2O. The van der Waals surface area contributed by atoms with E-state index in [2.05, 4.69) is 4.98 Å². The SMILES string of the molecule is Cc1ccnc(OCC(C)(C)N)c1. The predicted octanol–water partition coefficient (Wildman–Crippen LogP) is 1.51. The Kier molecular flexibility index (Phi) is 2.88. The van der Waals surface area contributed by atoms with E-state index in [1.807, 2.05) is 32.9 Å². The van der Waals surface area contributed by atoms with Crippen LogP contribution >= 0.6 is 0 Å². The van der Waals surface area contributed by atoms with E-state index in [0.717, 1.165) is 5.56 Å². The third-order valence-electron chi connectivity index (χ3n) is 1.48. The van der Waals surface area contributed by atoms with Crippen LogP contribution in [0.5, 0.6) is 5.88 Å². The molecule has 13 heavy (non-hydrogen) atoms. The first-order chi connectivity index (χ1) is 5.97. The van der Waals surface area contributed by atoms with Crippen molar-refractivity contribution >= 4 is 0 Å². The molecule has 1 aromatic rings. The topological polar surface area (TPSA) is 48.1 Å². The van der Waals surface area contributed by atoms with Crippen molar-refractivity contribution in [1.82, 2.24) is 4.98 Å². The molecular weight excluding hydrogens is 164 g/mol. The number of nitrogens with zero attached hydrogens (tertiary/aromatic N) is 1. The molecule has 0 aliphatic rings. The van der Waals surface area contributed by atoms with Gasteiger partial charge in [-0.3, -0.25) is 0 Å². The molecule has 3 nitrogen and oxygen atoms in total. The van der Waals surface area contributed by atoms with E-state index >= 15 is 0 Å². The van der Waals surface area contributed by atoms with Crippen molar-refractivity contribution in [3.63, 3.8) is 0 Å². The Bertz CT molecular complexity index is 278. The average molecular weight is 180 g/mol. The van der Waals surface area contributed by atoms with Crippen molar-refractivity contribution in [2.45, 2.75) is 26.3 Å². The zero-order valence-corrected chi connectivity index (χ0v) is 8.37. The number of nitrogens with two attached hydrogens (primary N) is 1. The van der Waals surface area contributed by atoms with Gasteiger partial charge in [0.2, 0.25) is 5.88 Å². The molecule has 0 aliphatic heterocycles. The van der Waals surface area contributed by atoms with Gasteiger partial charge < -0.3 is 10.5 Å². The van der Waals surface area contributed by atoms with Gasteiger partial charge in [-0.1, -0.05) is 0 Å². The summed E-state index contributed by atoms with van der Waals surface area (Å²) in [5.74, 6) is 0.638. The maximum atomic E-state index is 5.77. The molecule has 0 unspecified atom stereocenters. The first kappa shape index (κ1) is 9.99. The van der Waals surface area contributed by atoms with Crippen LogP contribution in [0.3, 0.4) is 0 Å². The first-order valence-corrected chi connectivity index (χ1v) is 4.32. The van der Waals surface area contributed by atoms with Crippen LogP contribution in [-0.4, -0.2) is 17.1 Å². The molecule has 0 spiro atoms. The Morgan fingerprint density at radius 1 is 1.54 bits per heavy atom. The fourth-order valence-electron chi connectivity index (χ4n) is 0.847. The average Bonchev–Trinajstić information content (AvgIpc) is 2.00. The summed E-state index contributed by atoms with van der Waals surface area (Å²) in [5, 5.41) is 0. The maximum absolute atomic E-state index is 5.77. The van der Waals surface area contributed by atoms with Crippen LogP contribution in [0.2, 0.25) is 0 Å². The van der Waals surface area contributed by atoms with Crippen LogP contribution < -0.4 is 10.5 Å². The van der Waals surface area contributed by atoms with E-state index in [9.17, 15) is 0 Å². The highest BCUT2D eigenvalue weighted by Gasteiger charge is 2.11. The van der Waals surface area contributed by atoms with E-state index < -0.39 is 0 Å². The maximum Gasteiger partial charge on any atom is 0.213 e. The highest BCUT2D eigenvalue weighted by Crippen LogP contribution is 2.09. The van der Waals surface area contributed by atoms with Gasteiger partial charge in [0, 0.05) is 17.8 Å². The smallest absolute Gasteiger partial charge is 0.213 e. The van der Waals surface area contributed by atoms with Crippen molar-refractivity contribution in [2.75, 3.05) is 6.61 Å². The summed E-state index contributed by atoms with van der Waals surface area (Å²) < 4.78 is 5.42. The minimum atomic E-state index is -0.314. The molecule has 0 saturated carbocycles. The standard InChI is InChI=1S/C10H16N2O/c1-8-4-5-12-9(6-8)13-7-10(2,3)11/h4-6H,7,11H2,1-3H3. The lowest BCUT2D eigenvalue weighted by Gasteiger charge is -2.18. The molecule has 0 aromatic carbocycles. The van der Waals surface area contributed by atoms with Gasteiger partial charge in [0.05, 0.1) is 0 Å². The Labute approximate surface area is 78.9 Å². The Morgan fingerprint density at radius 3 is 2.77 bits per heavy atom. The summed E-state index contributed by atoms with van der Waals surface area (Å²) in [6.07, 6.45) is 1.73. The number of hydrogen-bond donors (Lipinski definition) is 1. The summed E-state index contributed by atoms with van der Waals surface area (Å²) in [4.78, 5) is 4.06. The van der Waals surface area contributed by atoms with Gasteiger partial charge in [-0.2, -0.15) is 0 Å². The van der Waals surface area contributed by atoms with Crippen molar-refractivity contribution < 1.29 is 4.74 Å². The van der Waals surface area contributed by atoms with Gasteiger partial charge in [0.25, 0.3) is 0 Å². The molecule has 0 atom stereocenters. The Hall–Kier alpha value is -1.09. The summed E-state index contributed by atoms with van der Waals surface area (Å²) in [7, 11) is 0. The minimum Gasteiger partial charge on any atom is -0.476 e. The Morgan fingerprint density at radius 2 is 2.23 bits per heavy atom. The minimum absolute atomic E-state index is 0.314. The van der Waals surface area contributed by atoms with Gasteiger partial charge in [0.15, 0.2) is 0 Å². The number of aryl methyl sites for hydroxylation is 1. The molecule has 1 rings (SSSR count). The van der Waals surface area contributed by atoms with Crippen LogP contribution in [0.15, 0.2) is 18.3 Å². The van der Waals surface area contributed by atoms with Gasteiger partial charge in [-0.15, -0.1) is 0 Å². The first-order valence-electron chi connectivity index (χ1n) is 4.32. The fourth-order valence-corrected chi connectivity index (χ4v) is 0.847. The molecule has 0 bridgehead atoms. The van der Waals surface area contributed by atoms with Gasteiger partial charge in [-0.25, -0.2) is 4.98 Å². The number of aromatic nitrogens is 1. The van der Waals surface area contributed by atoms with Crippen LogP contribution in [0, 0.1) is 6.92 Å². The van der Waals surface area contributed by atoms with E-state index in [4.69, 9.17) is 10.5 Å². The van der Waals surface area contributed by atoms with E-state index in [-0.39, 0.29) is 5.54 Å². The van der Waals surface area contributed by atoms with Crippen molar-refractivity contribution in [3.8, 4) is 5.88 Å². The van der Waals surface area contributed by atoms with Crippen LogP contribution in [0.4, 0.5) is 0 Å². The molecule has 2 N–H and O–H groups in total. The number of ether oxygens (including phenoxy) is 1. The van der Waals surface area contributed by atoms with Gasteiger partial charge in [-0.05, 0) is 32.4 Å². The molecule has 3 heteroatoms. The lowest BCUT2D eigenvalue weighted by Crippen LogP contribution is -2.38. The zero-order valence-electron chi connectivity index (χ0n) is 8.37. The van der Waals surface area contributed by atoms with Crippen LogP contribution in [0.25, 0.3) is 0 Å². The highest BCUT2D eigenvalue weighted by molar-refractivity contribution is 5.18. The third-order valence-corrected chi connectivity index (χ3v) is 1.48. The molecule has 0 amide bonds. The lowest BCUT2D eigenvalue weighted by molar-refractivity contribution is 0.235. The zero-order chi connectivity index (χ0) is 9.90. The molecule has 0 aliphatic carbocycles. The Balaban J connectivity index is 2.55. The third kappa shape index (κ3) is 3.90. The highest BCUT2D eigenvalue weighted by atomic mass is 16.5. The van der Waals surface area contributed by atoms with Gasteiger partial charge in [0.1, 0.15) is 6.61 Å². The van der Waals surface area contributed by atoms with Crippen molar-refractivity contribution in [1.29, 1.82) is 0 Å². The van der Waals surface area contributed by atoms with Crippen LogP contribution in [0.1, 0.15) is 19.4 Å². The van der Waals surface area contributed by atoms with E-state index in [1.165, 1.54) is 0 Å². The van der Waals surface area contributed by atoms with Gasteiger partial charge >= 0.3 is 0 Å². The monoisotopic (exact) mass is 180 g/mol. The van der Waals surface area contributed by atoms with Crippen molar-refractivity contribution in [2.24, 2.45) is 5.73 Å². The largest absolute Gasteiger partial charge is 0.476 e.